The molecule has 178 valence electrons. The van der Waals surface area contributed by atoms with E-state index in [1.165, 1.54) is 17.7 Å². The zero-order valence-electron chi connectivity index (χ0n) is 16.1. The van der Waals surface area contributed by atoms with Gasteiger partial charge in [0.1, 0.15) is 0 Å². The van der Waals surface area contributed by atoms with E-state index in [-0.39, 0.29) is 17.9 Å². The Labute approximate surface area is 178 Å². The monoisotopic (exact) mass is 517 g/mol. The van der Waals surface area contributed by atoms with Gasteiger partial charge in [-0.2, -0.15) is 8.62 Å². The standard InChI is InChI=1S/C12H18N5O12P3/c1-6-4-17(11(19)14-10(6)18)12-2-8(12)7(9(3-12)15-16-13)5-27-31(23,24)29-32(25,26)28-30(20,21)22/h4,7-9H,2-3,5H2,1H3,(H,23,24)(H,25,26)(H,14,18,19)(H2,20,21,22)/t7-,8-,9-,12-/m0/s1. The third-order valence-corrected chi connectivity index (χ3v) is 9.13. The number of azide groups is 1. The van der Waals surface area contributed by atoms with Crippen LogP contribution in [0.25, 0.3) is 10.4 Å². The predicted octanol–water partition coefficient (Wildman–Crippen LogP) is 0.602. The molecule has 17 nitrogen and oxygen atoms in total. The molecule has 2 unspecified atom stereocenters. The van der Waals surface area contributed by atoms with Gasteiger partial charge in [0.25, 0.3) is 5.56 Å². The van der Waals surface area contributed by atoms with Gasteiger partial charge in [-0.25, -0.2) is 18.5 Å². The molecule has 20 heteroatoms. The minimum atomic E-state index is -5.67. The first-order chi connectivity index (χ1) is 14.6. The lowest BCUT2D eigenvalue weighted by Crippen LogP contribution is -2.37. The van der Waals surface area contributed by atoms with E-state index in [2.05, 4.69) is 28.2 Å². The summed E-state index contributed by atoms with van der Waals surface area (Å²) in [6, 6.07) is -0.801. The predicted molar refractivity (Wildman–Crippen MR) is 103 cm³/mol. The molecule has 0 amide bonds. The molecule has 5 N–H and O–H groups in total. The molecule has 1 aromatic rings. The van der Waals surface area contributed by atoms with E-state index in [1.807, 2.05) is 0 Å². The second-order valence-electron chi connectivity index (χ2n) is 7.38. The fourth-order valence-electron chi connectivity index (χ4n) is 4.06. The summed E-state index contributed by atoms with van der Waals surface area (Å²) in [7, 11) is -16.6. The molecule has 32 heavy (non-hydrogen) atoms. The molecule has 1 heterocycles. The number of hydrogen-bond donors (Lipinski definition) is 5. The van der Waals surface area contributed by atoms with Gasteiger partial charge in [-0.1, -0.05) is 5.11 Å². The van der Waals surface area contributed by atoms with Crippen LogP contribution < -0.4 is 11.2 Å². The van der Waals surface area contributed by atoms with Crippen LogP contribution in [0.15, 0.2) is 20.9 Å². The van der Waals surface area contributed by atoms with Crippen LogP contribution in [-0.2, 0) is 32.4 Å². The summed E-state index contributed by atoms with van der Waals surface area (Å²) >= 11 is 0. The van der Waals surface area contributed by atoms with Crippen LogP contribution in [0.3, 0.4) is 0 Å². The van der Waals surface area contributed by atoms with Crippen LogP contribution in [0, 0.1) is 18.8 Å². The number of phosphoric acid groups is 3. The van der Waals surface area contributed by atoms with Gasteiger partial charge in [-0.3, -0.25) is 18.9 Å². The Morgan fingerprint density at radius 3 is 2.47 bits per heavy atom. The number of hydrogen-bond acceptors (Lipinski definition) is 9. The van der Waals surface area contributed by atoms with Crippen LogP contribution in [0.2, 0.25) is 0 Å². The number of aromatic amines is 1. The van der Waals surface area contributed by atoms with Crippen molar-refractivity contribution in [2.45, 2.75) is 31.3 Å². The first-order valence-electron chi connectivity index (χ1n) is 8.75. The lowest BCUT2D eigenvalue weighted by Gasteiger charge is -2.21. The van der Waals surface area contributed by atoms with Crippen molar-refractivity contribution in [1.82, 2.24) is 9.55 Å². The average Bonchev–Trinajstić information content (AvgIpc) is 3.22. The number of phosphoric ester groups is 1. The van der Waals surface area contributed by atoms with E-state index in [4.69, 9.17) is 15.3 Å². The Morgan fingerprint density at radius 1 is 1.22 bits per heavy atom. The second kappa shape index (κ2) is 8.32. The SMILES string of the molecule is Cc1cn([C@@]23C[C@H](N=[N+]=[N-])[C@@H](COP(=O)(O)OP(=O)(O)OP(=O)(O)O)[C@@H]2C3)c(=O)[nH]c1=O. The molecule has 2 aliphatic carbocycles. The van der Waals surface area contributed by atoms with E-state index in [1.54, 1.807) is 0 Å². The van der Waals surface area contributed by atoms with Crippen LogP contribution in [0.4, 0.5) is 0 Å². The summed E-state index contributed by atoms with van der Waals surface area (Å²) in [5, 5.41) is 3.62. The Morgan fingerprint density at radius 2 is 1.88 bits per heavy atom. The van der Waals surface area contributed by atoms with Crippen molar-refractivity contribution < 1.29 is 46.4 Å². The van der Waals surface area contributed by atoms with E-state index in [9.17, 15) is 33.1 Å². The third-order valence-electron chi connectivity index (χ3n) is 5.32. The number of aryl methyl sites for hydroxylation is 1. The molecule has 3 rings (SSSR count). The first-order valence-corrected chi connectivity index (χ1v) is 13.3. The highest BCUT2D eigenvalue weighted by Crippen LogP contribution is 2.68. The zero-order valence-corrected chi connectivity index (χ0v) is 18.8. The van der Waals surface area contributed by atoms with Crippen LogP contribution >= 0.6 is 23.5 Å². The summed E-state index contributed by atoms with van der Waals surface area (Å²) in [5.74, 6) is -1.11. The summed E-state index contributed by atoms with van der Waals surface area (Å²) in [4.78, 5) is 64.8. The smallest absolute Gasteiger partial charge is 0.302 e. The highest BCUT2D eigenvalue weighted by molar-refractivity contribution is 7.66. The molecule has 0 bridgehead atoms. The summed E-state index contributed by atoms with van der Waals surface area (Å²) < 4.78 is 47.4. The quantitative estimate of drug-likeness (QED) is 0.130. The van der Waals surface area contributed by atoms with Gasteiger partial charge in [0.05, 0.1) is 12.1 Å². The molecule has 0 aliphatic heterocycles. The van der Waals surface area contributed by atoms with Crippen molar-refractivity contribution in [3.63, 3.8) is 0 Å². The Balaban J connectivity index is 1.78. The number of nitrogens with one attached hydrogen (secondary N) is 1. The lowest BCUT2D eigenvalue weighted by atomic mass is 10.0. The van der Waals surface area contributed by atoms with Crippen LogP contribution in [0.1, 0.15) is 18.4 Å². The molecule has 0 saturated heterocycles. The summed E-state index contributed by atoms with van der Waals surface area (Å²) in [6.07, 6.45) is 1.90. The van der Waals surface area contributed by atoms with Gasteiger partial charge < -0.3 is 19.6 Å². The van der Waals surface area contributed by atoms with Gasteiger partial charge in [0.15, 0.2) is 0 Å². The maximum absolute atomic E-state index is 12.3. The van der Waals surface area contributed by atoms with Gasteiger partial charge >= 0.3 is 29.2 Å². The molecule has 0 spiro atoms. The normalized spacial score (nSPS) is 30.6. The van der Waals surface area contributed by atoms with Crippen LogP contribution in [-0.4, -0.2) is 41.8 Å². The van der Waals surface area contributed by atoms with E-state index in [0.29, 0.717) is 6.42 Å². The van der Waals surface area contributed by atoms with Crippen molar-refractivity contribution in [3.05, 3.63) is 43.0 Å². The van der Waals surface area contributed by atoms with Gasteiger partial charge in [0.2, 0.25) is 0 Å². The molecule has 6 atom stereocenters. The highest BCUT2D eigenvalue weighted by atomic mass is 31.3. The minimum Gasteiger partial charge on any atom is -0.302 e. The van der Waals surface area contributed by atoms with E-state index in [0.717, 1.165) is 0 Å². The maximum atomic E-state index is 12.3. The van der Waals surface area contributed by atoms with E-state index < -0.39 is 58.8 Å². The molecule has 0 radical (unpaired) electrons. The third kappa shape index (κ3) is 5.30. The Bertz CT molecular complexity index is 1230. The topological polar surface area (TPSA) is 263 Å². The van der Waals surface area contributed by atoms with E-state index >= 15 is 0 Å². The molecular weight excluding hydrogens is 499 g/mol. The lowest BCUT2D eigenvalue weighted by molar-refractivity contribution is 0.144. The fraction of sp³-hybridized carbons (Fsp3) is 0.667. The first kappa shape index (κ1) is 25.0. The maximum Gasteiger partial charge on any atom is 0.490 e. The Kier molecular flexibility index (Phi) is 6.50. The Hall–Kier alpha value is -1.60. The summed E-state index contributed by atoms with van der Waals surface area (Å²) in [5.41, 5.74) is 7.02. The zero-order chi connectivity index (χ0) is 24.1. The summed E-state index contributed by atoms with van der Waals surface area (Å²) in [6.45, 7) is 0.867. The van der Waals surface area contributed by atoms with Crippen molar-refractivity contribution in [2.24, 2.45) is 17.0 Å². The molecule has 2 saturated carbocycles. The molecule has 1 aromatic heterocycles. The number of fused-ring (bicyclic) bond motifs is 1. The van der Waals surface area contributed by atoms with Gasteiger partial charge in [0, 0.05) is 22.7 Å². The molecule has 2 aliphatic rings. The molecule has 2 fully saturated rings. The highest BCUT2D eigenvalue weighted by Gasteiger charge is 2.67. The van der Waals surface area contributed by atoms with Crippen LogP contribution in [0.5, 0.6) is 0 Å². The number of H-pyrrole nitrogens is 1. The molecular formula is C12H18N5O12P3. The fourth-order valence-corrected chi connectivity index (χ4v) is 7.12. The molecule has 0 aromatic carbocycles. The minimum absolute atomic E-state index is 0.150. The van der Waals surface area contributed by atoms with Gasteiger partial charge in [-0.15, -0.1) is 0 Å². The largest absolute Gasteiger partial charge is 0.490 e. The van der Waals surface area contributed by atoms with Crippen molar-refractivity contribution in [1.29, 1.82) is 0 Å². The van der Waals surface area contributed by atoms with Gasteiger partial charge in [-0.05, 0) is 37.1 Å². The van der Waals surface area contributed by atoms with Crippen molar-refractivity contribution in [2.75, 3.05) is 6.61 Å². The number of nitrogens with zero attached hydrogens (tertiary/aromatic N) is 4. The number of aromatic nitrogens is 2. The van der Waals surface area contributed by atoms with Crippen molar-refractivity contribution >= 4 is 23.5 Å². The second-order valence-corrected chi connectivity index (χ2v) is 11.8. The average molecular weight is 517 g/mol. The number of rotatable bonds is 9. The van der Waals surface area contributed by atoms with Crippen molar-refractivity contribution in [3.8, 4) is 0 Å².